The van der Waals surface area contributed by atoms with Crippen LogP contribution >= 0.6 is 15.9 Å². The van der Waals surface area contributed by atoms with Crippen LogP contribution in [0, 0.1) is 17.0 Å². The first-order valence-corrected chi connectivity index (χ1v) is 8.55. The first-order valence-electron chi connectivity index (χ1n) is 7.76. The van der Waals surface area contributed by atoms with Gasteiger partial charge in [0, 0.05) is 10.9 Å². The largest absolute Gasteiger partial charge is 0.460 e. The fourth-order valence-corrected chi connectivity index (χ4v) is 3.72. The molecule has 2 N–H and O–H groups in total. The minimum absolute atomic E-state index is 0.0767. The fraction of sp³-hybridized carbons (Fsp3) is 0.500. The summed E-state index contributed by atoms with van der Waals surface area (Å²) in [6.45, 7) is 1.60. The van der Waals surface area contributed by atoms with Gasteiger partial charge in [-0.25, -0.2) is 8.78 Å². The molecule has 1 amide bonds. The molecule has 1 atom stereocenters. The second-order valence-electron chi connectivity index (χ2n) is 6.22. The van der Waals surface area contributed by atoms with Gasteiger partial charge in [-0.15, -0.1) is 0 Å². The standard InChI is InChI=1S/C16H17BrF2N2O3/c17-9-5-11(13(19)12(18)6-9)14(22)21-8-10-7-16(15(23)24-10)1-3-20-4-2-16/h5-6,10,20H,1-4,7-8H2,(H,21,22). The number of carbonyl (C=O) groups is 2. The molecule has 2 aliphatic rings. The number of benzene rings is 1. The molecule has 0 saturated carbocycles. The van der Waals surface area contributed by atoms with Crippen molar-refractivity contribution in [3.8, 4) is 0 Å². The molecule has 2 aliphatic heterocycles. The van der Waals surface area contributed by atoms with E-state index in [1.54, 1.807) is 0 Å². The van der Waals surface area contributed by atoms with Crippen LogP contribution in [0.25, 0.3) is 0 Å². The Labute approximate surface area is 146 Å². The minimum Gasteiger partial charge on any atom is -0.460 e. The molecule has 1 spiro atoms. The van der Waals surface area contributed by atoms with Gasteiger partial charge >= 0.3 is 5.97 Å². The van der Waals surface area contributed by atoms with Gasteiger partial charge in [0.2, 0.25) is 0 Å². The van der Waals surface area contributed by atoms with Crippen LogP contribution < -0.4 is 10.6 Å². The number of nitrogens with one attached hydrogen (secondary N) is 2. The number of carbonyl (C=O) groups excluding carboxylic acids is 2. The second-order valence-corrected chi connectivity index (χ2v) is 7.14. The third kappa shape index (κ3) is 3.30. The van der Waals surface area contributed by atoms with Gasteiger partial charge < -0.3 is 15.4 Å². The summed E-state index contributed by atoms with van der Waals surface area (Å²) < 4.78 is 32.7. The van der Waals surface area contributed by atoms with Gasteiger partial charge in [0.25, 0.3) is 5.91 Å². The average Bonchev–Trinajstić information content (AvgIpc) is 2.85. The zero-order chi connectivity index (χ0) is 17.3. The number of esters is 1. The van der Waals surface area contributed by atoms with E-state index in [-0.39, 0.29) is 22.6 Å². The van der Waals surface area contributed by atoms with Gasteiger partial charge in [0.05, 0.1) is 17.5 Å². The molecular weight excluding hydrogens is 386 g/mol. The van der Waals surface area contributed by atoms with Crippen molar-refractivity contribution >= 4 is 27.8 Å². The van der Waals surface area contributed by atoms with Crippen molar-refractivity contribution in [3.05, 3.63) is 33.8 Å². The van der Waals surface area contributed by atoms with Crippen molar-refractivity contribution < 1.29 is 23.1 Å². The third-order valence-electron chi connectivity index (χ3n) is 4.61. The third-order valence-corrected chi connectivity index (χ3v) is 5.07. The highest BCUT2D eigenvalue weighted by Crippen LogP contribution is 2.41. The summed E-state index contributed by atoms with van der Waals surface area (Å²) in [6, 6.07) is 2.16. The lowest BCUT2D eigenvalue weighted by Gasteiger charge is -2.29. The van der Waals surface area contributed by atoms with Crippen molar-refractivity contribution in [1.82, 2.24) is 10.6 Å². The number of amides is 1. The van der Waals surface area contributed by atoms with E-state index in [0.717, 1.165) is 19.2 Å². The van der Waals surface area contributed by atoms with Crippen molar-refractivity contribution in [2.75, 3.05) is 19.6 Å². The Hall–Kier alpha value is -1.54. The molecule has 24 heavy (non-hydrogen) atoms. The summed E-state index contributed by atoms with van der Waals surface area (Å²) in [4.78, 5) is 24.2. The summed E-state index contributed by atoms with van der Waals surface area (Å²) >= 11 is 3.03. The monoisotopic (exact) mass is 402 g/mol. The topological polar surface area (TPSA) is 67.4 Å². The van der Waals surface area contributed by atoms with Gasteiger partial charge in [0.15, 0.2) is 11.6 Å². The quantitative estimate of drug-likeness (QED) is 0.600. The number of hydrogen-bond acceptors (Lipinski definition) is 4. The molecule has 1 unspecified atom stereocenters. The van der Waals surface area contributed by atoms with Crippen molar-refractivity contribution in [3.63, 3.8) is 0 Å². The molecule has 2 fully saturated rings. The highest BCUT2D eigenvalue weighted by atomic mass is 79.9. The first-order chi connectivity index (χ1) is 11.4. The van der Waals surface area contributed by atoms with Gasteiger partial charge in [-0.05, 0) is 38.1 Å². The summed E-state index contributed by atoms with van der Waals surface area (Å²) in [7, 11) is 0. The van der Waals surface area contributed by atoms with Gasteiger partial charge in [-0.3, -0.25) is 9.59 Å². The Morgan fingerprint density at radius 1 is 1.38 bits per heavy atom. The molecule has 8 heteroatoms. The van der Waals surface area contributed by atoms with E-state index in [4.69, 9.17) is 4.74 Å². The molecule has 3 rings (SSSR count). The summed E-state index contributed by atoms with van der Waals surface area (Å²) in [5.41, 5.74) is -0.865. The SMILES string of the molecule is O=C(NCC1CC2(CCNCC2)C(=O)O1)c1cc(Br)cc(F)c1F. The van der Waals surface area contributed by atoms with Crippen LogP contribution in [0.3, 0.4) is 0 Å². The van der Waals surface area contributed by atoms with Crippen molar-refractivity contribution in [2.24, 2.45) is 5.41 Å². The molecule has 130 valence electrons. The van der Waals surface area contributed by atoms with E-state index in [1.807, 2.05) is 0 Å². The predicted molar refractivity (Wildman–Crippen MR) is 85.4 cm³/mol. The van der Waals surface area contributed by atoms with Crippen LogP contribution in [0.2, 0.25) is 0 Å². The van der Waals surface area contributed by atoms with E-state index >= 15 is 0 Å². The highest BCUT2D eigenvalue weighted by Gasteiger charge is 2.49. The maximum absolute atomic E-state index is 13.7. The zero-order valence-electron chi connectivity index (χ0n) is 12.8. The number of halogens is 3. The molecular formula is C16H17BrF2N2O3. The van der Waals surface area contributed by atoms with Crippen LogP contribution in [-0.2, 0) is 9.53 Å². The lowest BCUT2D eigenvalue weighted by atomic mass is 9.76. The molecule has 5 nitrogen and oxygen atoms in total. The van der Waals surface area contributed by atoms with Gasteiger partial charge in [0.1, 0.15) is 6.10 Å². The zero-order valence-corrected chi connectivity index (χ0v) is 14.4. The van der Waals surface area contributed by atoms with Crippen LogP contribution in [-0.4, -0.2) is 37.6 Å². The highest BCUT2D eigenvalue weighted by molar-refractivity contribution is 9.10. The number of cyclic esters (lactones) is 1. The average molecular weight is 403 g/mol. The number of hydrogen-bond donors (Lipinski definition) is 2. The second kappa shape index (κ2) is 6.76. The van der Waals surface area contributed by atoms with E-state index in [9.17, 15) is 18.4 Å². The Balaban J connectivity index is 1.62. The molecule has 1 aromatic carbocycles. The molecule has 2 saturated heterocycles. The Kier molecular flexibility index (Phi) is 4.87. The number of ether oxygens (including phenoxy) is 1. The minimum atomic E-state index is -1.20. The van der Waals surface area contributed by atoms with E-state index in [1.165, 1.54) is 6.07 Å². The molecule has 0 radical (unpaired) electrons. The molecule has 0 aromatic heterocycles. The van der Waals surface area contributed by atoms with Crippen molar-refractivity contribution in [1.29, 1.82) is 0 Å². The lowest BCUT2D eigenvalue weighted by molar-refractivity contribution is -0.149. The number of rotatable bonds is 3. The summed E-state index contributed by atoms with van der Waals surface area (Å²) in [5, 5.41) is 5.72. The Morgan fingerprint density at radius 3 is 2.79 bits per heavy atom. The van der Waals surface area contributed by atoms with E-state index in [0.29, 0.717) is 19.3 Å². The fourth-order valence-electron chi connectivity index (χ4n) is 3.29. The molecule has 2 heterocycles. The summed E-state index contributed by atoms with van der Waals surface area (Å²) in [6.07, 6.45) is 1.51. The predicted octanol–water partition coefficient (Wildman–Crippen LogP) is 2.14. The van der Waals surface area contributed by atoms with Crippen LogP contribution in [0.1, 0.15) is 29.6 Å². The van der Waals surface area contributed by atoms with Crippen molar-refractivity contribution in [2.45, 2.75) is 25.4 Å². The smallest absolute Gasteiger partial charge is 0.312 e. The molecule has 0 bridgehead atoms. The first kappa shape index (κ1) is 17.3. The molecule has 1 aromatic rings. The normalized spacial score (nSPS) is 22.5. The van der Waals surface area contributed by atoms with Gasteiger partial charge in [-0.2, -0.15) is 0 Å². The maximum atomic E-state index is 13.7. The number of piperidine rings is 1. The van der Waals surface area contributed by atoms with E-state index < -0.39 is 29.1 Å². The lowest BCUT2D eigenvalue weighted by Crippen LogP contribution is -2.39. The van der Waals surface area contributed by atoms with E-state index in [2.05, 4.69) is 26.6 Å². The van der Waals surface area contributed by atoms with Crippen LogP contribution in [0.5, 0.6) is 0 Å². The Morgan fingerprint density at radius 2 is 2.08 bits per heavy atom. The molecule has 0 aliphatic carbocycles. The Bertz CT molecular complexity index is 678. The van der Waals surface area contributed by atoms with Crippen LogP contribution in [0.15, 0.2) is 16.6 Å². The maximum Gasteiger partial charge on any atom is 0.312 e. The van der Waals surface area contributed by atoms with Gasteiger partial charge in [-0.1, -0.05) is 15.9 Å². The van der Waals surface area contributed by atoms with Crippen LogP contribution in [0.4, 0.5) is 8.78 Å². The summed E-state index contributed by atoms with van der Waals surface area (Å²) in [5.74, 6) is -3.28.